The maximum absolute atomic E-state index is 12.6. The molecule has 2 heterocycles. The van der Waals surface area contributed by atoms with Gasteiger partial charge in [0.05, 0.1) is 12.7 Å². The molecule has 1 aromatic heterocycles. The molecule has 0 amide bonds. The predicted molar refractivity (Wildman–Crippen MR) is 117 cm³/mol. The molecule has 0 radical (unpaired) electrons. The Hall–Kier alpha value is -2.94. The van der Waals surface area contributed by atoms with Crippen LogP contribution in [-0.4, -0.2) is 50.4 Å². The quantitative estimate of drug-likeness (QED) is 0.517. The predicted octanol–water partition coefficient (Wildman–Crippen LogP) is 3.08. The molecule has 2 aromatic rings. The fourth-order valence-corrected chi connectivity index (χ4v) is 3.38. The van der Waals surface area contributed by atoms with E-state index >= 15 is 0 Å². The van der Waals surface area contributed by atoms with Crippen LogP contribution in [0.15, 0.2) is 41.5 Å². The van der Waals surface area contributed by atoms with Gasteiger partial charge in [0.2, 0.25) is 0 Å². The van der Waals surface area contributed by atoms with Gasteiger partial charge in [-0.1, -0.05) is 23.8 Å². The number of guanidine groups is 1. The number of morpholine rings is 1. The Morgan fingerprint density at radius 3 is 2.77 bits per heavy atom. The van der Waals surface area contributed by atoms with E-state index < -0.39 is 6.61 Å². The summed E-state index contributed by atoms with van der Waals surface area (Å²) in [5, 5.41) is 6.35. The first-order valence-corrected chi connectivity index (χ1v) is 10.2. The summed E-state index contributed by atoms with van der Waals surface area (Å²) < 4.78 is 35.5. The third-order valence-electron chi connectivity index (χ3n) is 4.94. The molecule has 1 aromatic carbocycles. The number of ether oxygens (including phenoxy) is 2. The third kappa shape index (κ3) is 6.78. The summed E-state index contributed by atoms with van der Waals surface area (Å²) >= 11 is 0. The van der Waals surface area contributed by atoms with Crippen molar-refractivity contribution >= 4 is 11.8 Å². The van der Waals surface area contributed by atoms with Crippen LogP contribution >= 0.6 is 0 Å². The van der Waals surface area contributed by atoms with Gasteiger partial charge >= 0.3 is 6.61 Å². The first-order chi connectivity index (χ1) is 14.9. The number of nitrogens with zero attached hydrogens (tertiary/aromatic N) is 3. The van der Waals surface area contributed by atoms with Gasteiger partial charge in [0, 0.05) is 45.0 Å². The first-order valence-electron chi connectivity index (χ1n) is 10.2. The number of benzene rings is 1. The summed E-state index contributed by atoms with van der Waals surface area (Å²) in [5.41, 5.74) is 2.60. The molecule has 1 atom stereocenters. The van der Waals surface area contributed by atoms with Crippen LogP contribution in [-0.2, 0) is 17.8 Å². The highest BCUT2D eigenvalue weighted by Crippen LogP contribution is 2.22. The summed E-state index contributed by atoms with van der Waals surface area (Å²) in [4.78, 5) is 11.0. The van der Waals surface area contributed by atoms with Crippen LogP contribution < -0.4 is 20.3 Å². The highest BCUT2D eigenvalue weighted by atomic mass is 19.3. The van der Waals surface area contributed by atoms with E-state index in [0.29, 0.717) is 31.2 Å². The Labute approximate surface area is 181 Å². The fraction of sp³-hybridized carbons (Fsp3) is 0.455. The fourth-order valence-electron chi connectivity index (χ4n) is 3.38. The molecule has 31 heavy (non-hydrogen) atoms. The molecular weight excluding hydrogens is 404 g/mol. The highest BCUT2D eigenvalue weighted by Gasteiger charge is 2.17. The molecule has 3 rings (SSSR count). The molecule has 7 nitrogen and oxygen atoms in total. The lowest BCUT2D eigenvalue weighted by molar-refractivity contribution is -0.0504. The van der Waals surface area contributed by atoms with E-state index in [1.54, 1.807) is 19.2 Å². The largest absolute Gasteiger partial charge is 0.434 e. The third-order valence-corrected chi connectivity index (χ3v) is 4.94. The minimum Gasteiger partial charge on any atom is -0.434 e. The normalized spacial score (nSPS) is 17.0. The number of aromatic nitrogens is 1. The minimum atomic E-state index is -2.87. The smallest absolute Gasteiger partial charge is 0.387 e. The lowest BCUT2D eigenvalue weighted by atomic mass is 10.1. The molecule has 0 aliphatic carbocycles. The molecule has 1 fully saturated rings. The molecule has 1 aliphatic rings. The maximum atomic E-state index is 12.6. The number of hydrogen-bond donors (Lipinski definition) is 2. The standard InChI is InChI=1S/C22H29F2N5O2/c1-15-4-6-19(31-21(23)24)18(10-15)13-28-22(25-3)27-12-17-5-7-20(26-11-17)29-8-9-30-16(2)14-29/h4-7,10-11,16,21H,8-9,12-14H2,1-3H3,(H2,25,27,28). The van der Waals surface area contributed by atoms with Crippen molar-refractivity contribution < 1.29 is 18.3 Å². The van der Waals surface area contributed by atoms with Crippen LogP contribution in [0.25, 0.3) is 0 Å². The lowest BCUT2D eigenvalue weighted by Gasteiger charge is -2.32. The maximum Gasteiger partial charge on any atom is 0.387 e. The van der Waals surface area contributed by atoms with Crippen molar-refractivity contribution in [2.45, 2.75) is 39.7 Å². The Balaban J connectivity index is 1.53. The minimum absolute atomic E-state index is 0.153. The molecule has 1 aliphatic heterocycles. The average Bonchev–Trinajstić information content (AvgIpc) is 2.75. The van der Waals surface area contributed by atoms with Crippen molar-refractivity contribution in [3.05, 3.63) is 53.2 Å². The summed E-state index contributed by atoms with van der Waals surface area (Å²) in [5.74, 6) is 1.64. The average molecular weight is 434 g/mol. The zero-order valence-electron chi connectivity index (χ0n) is 18.1. The summed E-state index contributed by atoms with van der Waals surface area (Å²) in [7, 11) is 1.66. The molecule has 9 heteroatoms. The van der Waals surface area contributed by atoms with Gasteiger partial charge < -0.3 is 25.0 Å². The SMILES string of the molecule is CN=C(NCc1ccc(N2CCOC(C)C2)nc1)NCc1cc(C)ccc1OC(F)F. The molecule has 2 N–H and O–H groups in total. The Morgan fingerprint density at radius 2 is 2.10 bits per heavy atom. The van der Waals surface area contributed by atoms with Gasteiger partial charge in [-0.2, -0.15) is 8.78 Å². The monoisotopic (exact) mass is 433 g/mol. The van der Waals surface area contributed by atoms with Crippen LogP contribution in [0.2, 0.25) is 0 Å². The number of anilines is 1. The number of rotatable bonds is 7. The van der Waals surface area contributed by atoms with Gasteiger partial charge in [0.1, 0.15) is 11.6 Å². The van der Waals surface area contributed by atoms with E-state index in [1.807, 2.05) is 31.3 Å². The van der Waals surface area contributed by atoms with Gasteiger partial charge in [-0.05, 0) is 31.5 Å². The number of alkyl halides is 2. The summed E-state index contributed by atoms with van der Waals surface area (Å²) in [6, 6.07) is 9.14. The Morgan fingerprint density at radius 1 is 1.29 bits per heavy atom. The van der Waals surface area contributed by atoms with E-state index in [1.165, 1.54) is 0 Å². The van der Waals surface area contributed by atoms with E-state index in [0.717, 1.165) is 30.0 Å². The summed E-state index contributed by atoms with van der Waals surface area (Å²) in [6.07, 6.45) is 2.04. The topological polar surface area (TPSA) is 71.0 Å². The molecule has 168 valence electrons. The summed E-state index contributed by atoms with van der Waals surface area (Å²) in [6.45, 7) is 4.30. The van der Waals surface area contributed by atoms with E-state index in [9.17, 15) is 8.78 Å². The second-order valence-electron chi connectivity index (χ2n) is 7.42. The van der Waals surface area contributed by atoms with E-state index in [4.69, 9.17) is 4.74 Å². The van der Waals surface area contributed by atoms with Gasteiger partial charge in [-0.3, -0.25) is 4.99 Å². The zero-order valence-corrected chi connectivity index (χ0v) is 18.1. The highest BCUT2D eigenvalue weighted by molar-refractivity contribution is 5.79. The number of hydrogen-bond acceptors (Lipinski definition) is 5. The van der Waals surface area contributed by atoms with Crippen molar-refractivity contribution in [2.24, 2.45) is 4.99 Å². The number of pyridine rings is 1. The van der Waals surface area contributed by atoms with Gasteiger partial charge in [0.15, 0.2) is 5.96 Å². The molecule has 0 spiro atoms. The molecule has 0 bridgehead atoms. The van der Waals surface area contributed by atoms with Crippen LogP contribution in [0, 0.1) is 6.92 Å². The van der Waals surface area contributed by atoms with Crippen LogP contribution in [0.5, 0.6) is 5.75 Å². The van der Waals surface area contributed by atoms with Crippen molar-refractivity contribution in [3.8, 4) is 5.75 Å². The van der Waals surface area contributed by atoms with Crippen molar-refractivity contribution in [1.29, 1.82) is 0 Å². The molecule has 0 saturated carbocycles. The number of aliphatic imine (C=N–C) groups is 1. The van der Waals surface area contributed by atoms with Crippen LogP contribution in [0.4, 0.5) is 14.6 Å². The van der Waals surface area contributed by atoms with E-state index in [-0.39, 0.29) is 11.9 Å². The first kappa shape index (κ1) is 22.7. The Bertz CT molecular complexity index is 877. The van der Waals surface area contributed by atoms with Crippen molar-refractivity contribution in [1.82, 2.24) is 15.6 Å². The van der Waals surface area contributed by atoms with Crippen LogP contribution in [0.1, 0.15) is 23.6 Å². The Kier molecular flexibility index (Phi) is 8.00. The molecule has 1 saturated heterocycles. The van der Waals surface area contributed by atoms with E-state index in [2.05, 4.69) is 37.2 Å². The van der Waals surface area contributed by atoms with Gasteiger partial charge in [-0.25, -0.2) is 4.98 Å². The molecular formula is C22H29F2N5O2. The second kappa shape index (κ2) is 10.9. The van der Waals surface area contributed by atoms with Crippen LogP contribution in [0.3, 0.4) is 0 Å². The van der Waals surface area contributed by atoms with Gasteiger partial charge in [0.25, 0.3) is 0 Å². The number of nitrogens with one attached hydrogen (secondary N) is 2. The van der Waals surface area contributed by atoms with Crippen molar-refractivity contribution in [2.75, 3.05) is 31.6 Å². The number of aryl methyl sites for hydroxylation is 1. The zero-order chi connectivity index (χ0) is 22.2. The van der Waals surface area contributed by atoms with Gasteiger partial charge in [-0.15, -0.1) is 0 Å². The second-order valence-corrected chi connectivity index (χ2v) is 7.42. The lowest BCUT2D eigenvalue weighted by Crippen LogP contribution is -2.41. The van der Waals surface area contributed by atoms with Crippen molar-refractivity contribution in [3.63, 3.8) is 0 Å². The number of halogens is 2. The molecule has 1 unspecified atom stereocenters.